The van der Waals surface area contributed by atoms with Crippen LogP contribution in [-0.2, 0) is 4.79 Å². The van der Waals surface area contributed by atoms with Gasteiger partial charge < -0.3 is 5.32 Å². The minimum Gasteiger partial charge on any atom is -0.351 e. The highest BCUT2D eigenvalue weighted by Crippen LogP contribution is 2.05. The minimum absolute atomic E-state index is 0.172. The van der Waals surface area contributed by atoms with E-state index in [-0.39, 0.29) is 5.91 Å². The SMILES string of the molecule is CCC(=O)NC1CN(CC)C1. The lowest BCUT2D eigenvalue weighted by Crippen LogP contribution is -2.58. The average molecular weight is 156 g/mol. The molecule has 1 heterocycles. The van der Waals surface area contributed by atoms with Gasteiger partial charge in [0.1, 0.15) is 0 Å². The van der Waals surface area contributed by atoms with Crippen LogP contribution in [0.15, 0.2) is 0 Å². The Bertz CT molecular complexity index is 141. The van der Waals surface area contributed by atoms with E-state index in [2.05, 4.69) is 17.1 Å². The Labute approximate surface area is 67.8 Å². The number of carbonyl (C=O) groups excluding carboxylic acids is 1. The number of nitrogens with one attached hydrogen (secondary N) is 1. The van der Waals surface area contributed by atoms with Crippen LogP contribution in [0.4, 0.5) is 0 Å². The summed E-state index contributed by atoms with van der Waals surface area (Å²) in [5.41, 5.74) is 0. The highest BCUT2D eigenvalue weighted by atomic mass is 16.1. The van der Waals surface area contributed by atoms with Gasteiger partial charge in [0, 0.05) is 19.5 Å². The van der Waals surface area contributed by atoms with Crippen molar-refractivity contribution in [1.29, 1.82) is 0 Å². The highest BCUT2D eigenvalue weighted by molar-refractivity contribution is 5.75. The third-order valence-electron chi connectivity index (χ3n) is 2.09. The Hall–Kier alpha value is -0.570. The number of hydrogen-bond donors (Lipinski definition) is 1. The van der Waals surface area contributed by atoms with Crippen molar-refractivity contribution in [1.82, 2.24) is 10.2 Å². The summed E-state index contributed by atoms with van der Waals surface area (Å²) in [6.07, 6.45) is 0.600. The molecule has 0 spiro atoms. The number of amides is 1. The fourth-order valence-corrected chi connectivity index (χ4v) is 1.25. The number of rotatable bonds is 3. The summed E-state index contributed by atoms with van der Waals surface area (Å²) >= 11 is 0. The standard InChI is InChI=1S/C8H16N2O/c1-3-8(11)9-7-5-10(4-2)6-7/h7H,3-6H2,1-2H3,(H,9,11). The van der Waals surface area contributed by atoms with Crippen molar-refractivity contribution >= 4 is 5.91 Å². The first-order chi connectivity index (χ1) is 5.26. The van der Waals surface area contributed by atoms with Crippen LogP contribution in [0.5, 0.6) is 0 Å². The topological polar surface area (TPSA) is 32.3 Å². The summed E-state index contributed by atoms with van der Waals surface area (Å²) in [4.78, 5) is 13.2. The van der Waals surface area contributed by atoms with Crippen LogP contribution in [0.3, 0.4) is 0 Å². The third kappa shape index (κ3) is 2.19. The maximum Gasteiger partial charge on any atom is 0.220 e. The molecule has 0 unspecified atom stereocenters. The average Bonchev–Trinajstić information content (AvgIpc) is 1.95. The van der Waals surface area contributed by atoms with Gasteiger partial charge in [0.15, 0.2) is 0 Å². The first-order valence-electron chi connectivity index (χ1n) is 4.28. The van der Waals surface area contributed by atoms with E-state index in [1.54, 1.807) is 0 Å². The van der Waals surface area contributed by atoms with E-state index in [1.807, 2.05) is 6.92 Å². The van der Waals surface area contributed by atoms with E-state index in [0.717, 1.165) is 19.6 Å². The Morgan fingerprint density at radius 1 is 1.55 bits per heavy atom. The molecule has 3 nitrogen and oxygen atoms in total. The molecule has 0 saturated carbocycles. The smallest absolute Gasteiger partial charge is 0.220 e. The second-order valence-electron chi connectivity index (χ2n) is 2.97. The maximum absolute atomic E-state index is 10.9. The summed E-state index contributed by atoms with van der Waals surface area (Å²) in [5.74, 6) is 0.172. The van der Waals surface area contributed by atoms with Crippen LogP contribution < -0.4 is 5.32 Å². The van der Waals surface area contributed by atoms with E-state index < -0.39 is 0 Å². The van der Waals surface area contributed by atoms with E-state index in [1.165, 1.54) is 0 Å². The van der Waals surface area contributed by atoms with Gasteiger partial charge in [0.2, 0.25) is 5.91 Å². The van der Waals surface area contributed by atoms with Crippen LogP contribution in [0.2, 0.25) is 0 Å². The number of likely N-dealkylation sites (N-methyl/N-ethyl adjacent to an activating group) is 1. The van der Waals surface area contributed by atoms with Gasteiger partial charge in [-0.3, -0.25) is 9.69 Å². The minimum atomic E-state index is 0.172. The Morgan fingerprint density at radius 3 is 2.64 bits per heavy atom. The second-order valence-corrected chi connectivity index (χ2v) is 2.97. The lowest BCUT2D eigenvalue weighted by molar-refractivity contribution is -0.122. The zero-order valence-corrected chi connectivity index (χ0v) is 7.26. The van der Waals surface area contributed by atoms with E-state index in [4.69, 9.17) is 0 Å². The first kappa shape index (κ1) is 8.53. The molecule has 1 saturated heterocycles. The molecule has 1 N–H and O–H groups in total. The van der Waals surface area contributed by atoms with Crippen molar-refractivity contribution in [2.75, 3.05) is 19.6 Å². The van der Waals surface area contributed by atoms with Gasteiger partial charge in [0.25, 0.3) is 0 Å². The molecule has 3 heteroatoms. The van der Waals surface area contributed by atoms with Gasteiger partial charge in [0.05, 0.1) is 6.04 Å². The van der Waals surface area contributed by atoms with Crippen molar-refractivity contribution in [2.45, 2.75) is 26.3 Å². The summed E-state index contributed by atoms with van der Waals surface area (Å²) in [6, 6.07) is 0.419. The maximum atomic E-state index is 10.9. The normalized spacial score (nSPS) is 19.5. The third-order valence-corrected chi connectivity index (χ3v) is 2.09. The molecule has 1 aliphatic rings. The quantitative estimate of drug-likeness (QED) is 0.634. The molecule has 0 aromatic rings. The van der Waals surface area contributed by atoms with Gasteiger partial charge in [-0.25, -0.2) is 0 Å². The van der Waals surface area contributed by atoms with Gasteiger partial charge in [-0.15, -0.1) is 0 Å². The van der Waals surface area contributed by atoms with Crippen LogP contribution in [0, 0.1) is 0 Å². The van der Waals surface area contributed by atoms with Crippen LogP contribution in [0.25, 0.3) is 0 Å². The Balaban J connectivity index is 2.08. The molecule has 1 rings (SSSR count). The van der Waals surface area contributed by atoms with Gasteiger partial charge in [-0.2, -0.15) is 0 Å². The van der Waals surface area contributed by atoms with E-state index in [9.17, 15) is 4.79 Å². The molecule has 0 radical (unpaired) electrons. The van der Waals surface area contributed by atoms with Gasteiger partial charge in [-0.05, 0) is 6.54 Å². The van der Waals surface area contributed by atoms with Crippen molar-refractivity contribution < 1.29 is 4.79 Å². The molecular weight excluding hydrogens is 140 g/mol. The molecule has 0 aliphatic carbocycles. The fraction of sp³-hybridized carbons (Fsp3) is 0.875. The number of likely N-dealkylation sites (tertiary alicyclic amines) is 1. The highest BCUT2D eigenvalue weighted by Gasteiger charge is 2.25. The Kier molecular flexibility index (Phi) is 2.88. The zero-order valence-electron chi connectivity index (χ0n) is 7.26. The molecule has 0 aromatic heterocycles. The first-order valence-corrected chi connectivity index (χ1v) is 4.28. The molecule has 1 amide bonds. The number of nitrogens with zero attached hydrogens (tertiary/aromatic N) is 1. The van der Waals surface area contributed by atoms with Crippen LogP contribution in [0.1, 0.15) is 20.3 Å². The molecule has 0 bridgehead atoms. The molecule has 11 heavy (non-hydrogen) atoms. The van der Waals surface area contributed by atoms with Crippen LogP contribution in [-0.4, -0.2) is 36.5 Å². The largest absolute Gasteiger partial charge is 0.351 e. The molecule has 1 aliphatic heterocycles. The van der Waals surface area contributed by atoms with Crippen LogP contribution >= 0.6 is 0 Å². The summed E-state index contributed by atoms with van der Waals surface area (Å²) < 4.78 is 0. The lowest BCUT2D eigenvalue weighted by Gasteiger charge is -2.38. The van der Waals surface area contributed by atoms with E-state index in [0.29, 0.717) is 12.5 Å². The molecular formula is C8H16N2O. The molecule has 0 aromatic carbocycles. The summed E-state index contributed by atoms with van der Waals surface area (Å²) in [7, 11) is 0. The summed E-state index contributed by atoms with van der Waals surface area (Å²) in [5, 5.41) is 2.95. The van der Waals surface area contributed by atoms with Gasteiger partial charge in [-0.1, -0.05) is 13.8 Å². The number of carbonyl (C=O) groups is 1. The monoisotopic (exact) mass is 156 g/mol. The predicted molar refractivity (Wildman–Crippen MR) is 44.3 cm³/mol. The predicted octanol–water partition coefficient (Wildman–Crippen LogP) is 0.217. The van der Waals surface area contributed by atoms with E-state index >= 15 is 0 Å². The van der Waals surface area contributed by atoms with Crippen molar-refractivity contribution in [3.63, 3.8) is 0 Å². The van der Waals surface area contributed by atoms with Gasteiger partial charge >= 0.3 is 0 Å². The Morgan fingerprint density at radius 2 is 2.18 bits per heavy atom. The number of hydrogen-bond acceptors (Lipinski definition) is 2. The van der Waals surface area contributed by atoms with Crippen molar-refractivity contribution in [3.8, 4) is 0 Å². The fourth-order valence-electron chi connectivity index (χ4n) is 1.25. The lowest BCUT2D eigenvalue weighted by atomic mass is 10.1. The second kappa shape index (κ2) is 3.72. The van der Waals surface area contributed by atoms with Crippen molar-refractivity contribution in [2.24, 2.45) is 0 Å². The molecule has 0 atom stereocenters. The molecule has 1 fully saturated rings. The van der Waals surface area contributed by atoms with Crippen molar-refractivity contribution in [3.05, 3.63) is 0 Å². The zero-order chi connectivity index (χ0) is 8.27. The summed E-state index contributed by atoms with van der Waals surface area (Å²) in [6.45, 7) is 7.17. The molecule has 64 valence electrons.